The topological polar surface area (TPSA) is 38.1 Å². The zero-order valence-corrected chi connectivity index (χ0v) is 15.6. The Kier molecular flexibility index (Phi) is 5.29. The van der Waals surface area contributed by atoms with Crippen LogP contribution >= 0.6 is 11.8 Å². The summed E-state index contributed by atoms with van der Waals surface area (Å²) in [6, 6.07) is 6.86. The highest BCUT2D eigenvalue weighted by molar-refractivity contribution is 7.99. The molecule has 1 aromatic carbocycles. The Hall–Kier alpha value is -1.82. The van der Waals surface area contributed by atoms with Gasteiger partial charge < -0.3 is 4.90 Å². The smallest absolute Gasteiger partial charge is 0.233 e. The fourth-order valence-electron chi connectivity index (χ4n) is 4.36. The second kappa shape index (κ2) is 7.82. The molecule has 1 aliphatic carbocycles. The molecule has 1 saturated carbocycles. The van der Waals surface area contributed by atoms with Crippen molar-refractivity contribution in [1.82, 2.24) is 14.5 Å². The Labute approximate surface area is 157 Å². The number of nitrogens with zero attached hydrogens (tertiary/aromatic N) is 3. The fourth-order valence-corrected chi connectivity index (χ4v) is 5.22. The van der Waals surface area contributed by atoms with E-state index in [4.69, 9.17) is 0 Å². The number of hydrogen-bond acceptors (Lipinski definition) is 3. The maximum Gasteiger partial charge on any atom is 0.233 e. The number of thioether (sulfide) groups is 1. The molecule has 1 amide bonds. The van der Waals surface area contributed by atoms with Gasteiger partial charge in [0.25, 0.3) is 0 Å². The maximum atomic E-state index is 13.5. The van der Waals surface area contributed by atoms with E-state index in [1.54, 1.807) is 18.5 Å². The number of imidazole rings is 1. The number of carbonyl (C=O) groups is 1. The van der Waals surface area contributed by atoms with Gasteiger partial charge in [0.2, 0.25) is 5.91 Å². The average Bonchev–Trinajstić information content (AvgIpc) is 3.14. The highest BCUT2D eigenvalue weighted by Gasteiger charge is 2.35. The van der Waals surface area contributed by atoms with E-state index >= 15 is 0 Å². The number of halogens is 1. The van der Waals surface area contributed by atoms with Crippen LogP contribution < -0.4 is 0 Å². The number of rotatable bonds is 4. The zero-order valence-electron chi connectivity index (χ0n) is 14.8. The monoisotopic (exact) mass is 373 g/mol. The van der Waals surface area contributed by atoms with E-state index in [9.17, 15) is 9.18 Å². The van der Waals surface area contributed by atoms with E-state index in [1.165, 1.54) is 49.6 Å². The zero-order chi connectivity index (χ0) is 17.9. The first kappa shape index (κ1) is 17.6. The van der Waals surface area contributed by atoms with Crippen molar-refractivity contribution in [1.29, 1.82) is 0 Å². The highest BCUT2D eigenvalue weighted by atomic mass is 32.2. The van der Waals surface area contributed by atoms with E-state index in [0.717, 1.165) is 30.2 Å². The lowest BCUT2D eigenvalue weighted by Gasteiger charge is -2.44. The van der Waals surface area contributed by atoms with Gasteiger partial charge in [-0.2, -0.15) is 0 Å². The Morgan fingerprint density at radius 3 is 2.96 bits per heavy atom. The number of amides is 1. The van der Waals surface area contributed by atoms with Gasteiger partial charge in [0.15, 0.2) is 5.16 Å². The minimum absolute atomic E-state index is 0.209. The molecular weight excluding hydrogens is 349 g/mol. The summed E-state index contributed by atoms with van der Waals surface area (Å²) >= 11 is 1.43. The SMILES string of the molecule is O=C(CSc1nccn1-c1cccc(F)c1)N1CCCC2CCCCC21. The van der Waals surface area contributed by atoms with Crippen molar-refractivity contribution in [3.63, 3.8) is 0 Å². The predicted octanol–water partition coefficient (Wildman–Crippen LogP) is 4.28. The molecule has 4 nitrogen and oxygen atoms in total. The maximum absolute atomic E-state index is 13.5. The van der Waals surface area contributed by atoms with Gasteiger partial charge in [-0.3, -0.25) is 9.36 Å². The Bertz CT molecular complexity index is 776. The van der Waals surface area contributed by atoms with Gasteiger partial charge in [0.1, 0.15) is 5.82 Å². The molecule has 2 unspecified atom stereocenters. The summed E-state index contributed by atoms with van der Waals surface area (Å²) in [5.74, 6) is 1.01. The molecule has 0 radical (unpaired) electrons. The van der Waals surface area contributed by atoms with Gasteiger partial charge in [-0.25, -0.2) is 9.37 Å². The molecule has 2 aromatic rings. The minimum atomic E-state index is -0.278. The lowest BCUT2D eigenvalue weighted by atomic mass is 9.78. The number of piperidine rings is 1. The van der Waals surface area contributed by atoms with Crippen LogP contribution in [0.1, 0.15) is 38.5 Å². The second-order valence-corrected chi connectivity index (χ2v) is 8.13. The van der Waals surface area contributed by atoms with E-state index in [0.29, 0.717) is 17.7 Å². The van der Waals surface area contributed by atoms with Crippen molar-refractivity contribution in [2.24, 2.45) is 5.92 Å². The number of benzene rings is 1. The number of aromatic nitrogens is 2. The largest absolute Gasteiger partial charge is 0.339 e. The number of fused-ring (bicyclic) bond motifs is 1. The van der Waals surface area contributed by atoms with Gasteiger partial charge >= 0.3 is 0 Å². The number of carbonyl (C=O) groups excluding carboxylic acids is 1. The average molecular weight is 373 g/mol. The van der Waals surface area contributed by atoms with Crippen LogP contribution in [0.5, 0.6) is 0 Å². The van der Waals surface area contributed by atoms with Crippen LogP contribution in [-0.2, 0) is 4.79 Å². The molecule has 4 rings (SSSR count). The lowest BCUT2D eigenvalue weighted by Crippen LogP contribution is -2.50. The van der Waals surface area contributed by atoms with Crippen molar-refractivity contribution in [3.05, 3.63) is 42.5 Å². The second-order valence-electron chi connectivity index (χ2n) is 7.19. The van der Waals surface area contributed by atoms with Crippen molar-refractivity contribution in [3.8, 4) is 5.69 Å². The molecular formula is C20H24FN3OS. The molecule has 26 heavy (non-hydrogen) atoms. The predicted molar refractivity (Wildman–Crippen MR) is 101 cm³/mol. The van der Waals surface area contributed by atoms with Crippen molar-refractivity contribution < 1.29 is 9.18 Å². The van der Waals surface area contributed by atoms with Crippen LogP contribution in [0.2, 0.25) is 0 Å². The molecule has 138 valence electrons. The third-order valence-electron chi connectivity index (χ3n) is 5.58. The number of likely N-dealkylation sites (tertiary alicyclic amines) is 1. The van der Waals surface area contributed by atoms with E-state index in [-0.39, 0.29) is 11.7 Å². The molecule has 2 fully saturated rings. The van der Waals surface area contributed by atoms with Crippen molar-refractivity contribution in [2.75, 3.05) is 12.3 Å². The molecule has 6 heteroatoms. The molecule has 1 aliphatic heterocycles. The summed E-state index contributed by atoms with van der Waals surface area (Å²) in [7, 11) is 0. The highest BCUT2D eigenvalue weighted by Crippen LogP contribution is 2.35. The van der Waals surface area contributed by atoms with Crippen molar-refractivity contribution >= 4 is 17.7 Å². The van der Waals surface area contributed by atoms with Crippen LogP contribution in [0.25, 0.3) is 5.69 Å². The quantitative estimate of drug-likeness (QED) is 0.751. The lowest BCUT2D eigenvalue weighted by molar-refractivity contribution is -0.134. The molecule has 0 bridgehead atoms. The Morgan fingerprint density at radius 2 is 2.08 bits per heavy atom. The third-order valence-corrected chi connectivity index (χ3v) is 6.53. The van der Waals surface area contributed by atoms with E-state index in [1.807, 2.05) is 10.6 Å². The standard InChI is InChI=1S/C20H24FN3OS/c21-16-7-3-8-17(13-16)23-12-10-22-20(23)26-14-19(25)24-11-4-6-15-5-1-2-9-18(15)24/h3,7-8,10,12-13,15,18H,1-2,4-6,9,11,14H2. The van der Waals surface area contributed by atoms with Gasteiger partial charge in [0, 0.05) is 25.0 Å². The van der Waals surface area contributed by atoms with Gasteiger partial charge in [-0.15, -0.1) is 0 Å². The molecule has 1 aromatic heterocycles. The van der Waals surface area contributed by atoms with Crippen LogP contribution in [0.15, 0.2) is 41.8 Å². The van der Waals surface area contributed by atoms with Gasteiger partial charge in [-0.1, -0.05) is 30.7 Å². The fraction of sp³-hybridized carbons (Fsp3) is 0.500. The summed E-state index contributed by atoms with van der Waals surface area (Å²) in [6.07, 6.45) is 10.9. The summed E-state index contributed by atoms with van der Waals surface area (Å²) < 4.78 is 15.3. The van der Waals surface area contributed by atoms with Gasteiger partial charge in [-0.05, 0) is 49.8 Å². The summed E-state index contributed by atoms with van der Waals surface area (Å²) in [5.41, 5.74) is 0.725. The first-order chi connectivity index (χ1) is 12.7. The normalized spacial score (nSPS) is 22.9. The summed E-state index contributed by atoms with van der Waals surface area (Å²) in [6.45, 7) is 0.888. The number of hydrogen-bond donors (Lipinski definition) is 0. The van der Waals surface area contributed by atoms with Gasteiger partial charge in [0.05, 0.1) is 11.4 Å². The van der Waals surface area contributed by atoms with Crippen LogP contribution in [0, 0.1) is 11.7 Å². The first-order valence-electron chi connectivity index (χ1n) is 9.44. The Balaban J connectivity index is 1.43. The van der Waals surface area contributed by atoms with Crippen LogP contribution in [-0.4, -0.2) is 38.7 Å². The van der Waals surface area contributed by atoms with E-state index < -0.39 is 0 Å². The molecule has 2 heterocycles. The van der Waals surface area contributed by atoms with Crippen LogP contribution in [0.4, 0.5) is 4.39 Å². The minimum Gasteiger partial charge on any atom is -0.339 e. The summed E-state index contributed by atoms with van der Waals surface area (Å²) in [4.78, 5) is 19.3. The van der Waals surface area contributed by atoms with Crippen molar-refractivity contribution in [2.45, 2.75) is 49.7 Å². The first-order valence-corrected chi connectivity index (χ1v) is 10.4. The molecule has 0 spiro atoms. The van der Waals surface area contributed by atoms with Crippen LogP contribution in [0.3, 0.4) is 0 Å². The summed E-state index contributed by atoms with van der Waals surface area (Å²) in [5, 5.41) is 0.723. The molecule has 0 N–H and O–H groups in total. The molecule has 2 aliphatic rings. The molecule has 1 saturated heterocycles. The third kappa shape index (κ3) is 3.65. The van der Waals surface area contributed by atoms with E-state index in [2.05, 4.69) is 9.88 Å². The molecule has 2 atom stereocenters. The Morgan fingerprint density at radius 1 is 1.23 bits per heavy atom.